The molecule has 0 fully saturated rings. The van der Waals surface area contributed by atoms with Gasteiger partial charge in [0.25, 0.3) is 5.91 Å². The van der Waals surface area contributed by atoms with Crippen molar-refractivity contribution in [1.82, 2.24) is 16.1 Å². The minimum Gasteiger partial charge on any atom is -0.497 e. The van der Waals surface area contributed by atoms with Gasteiger partial charge in [0, 0.05) is 11.6 Å². The van der Waals surface area contributed by atoms with Gasteiger partial charge in [-0.15, -0.1) is 0 Å². The Bertz CT molecular complexity index is 972. The summed E-state index contributed by atoms with van der Waals surface area (Å²) in [6.07, 6.45) is 0.895. The summed E-state index contributed by atoms with van der Waals surface area (Å²) in [5.41, 5.74) is 3.54. The van der Waals surface area contributed by atoms with Crippen molar-refractivity contribution in [3.05, 3.63) is 53.6 Å². The highest BCUT2D eigenvalue weighted by molar-refractivity contribution is 5.97. The average Bonchev–Trinajstić information content (AvgIpc) is 2.80. The molecule has 11 heteroatoms. The number of nitrogens with zero attached hydrogens (tertiary/aromatic N) is 1. The SMILES string of the molecule is COc1cc(OC)cc(C(CC(=O)O)NC(=O)CNC(=O)c2cccc(N=CNN)c2)c1. The number of amides is 2. The topological polar surface area (TPSA) is 164 Å². The first kappa shape index (κ1) is 24.2. The van der Waals surface area contributed by atoms with E-state index in [-0.39, 0.29) is 13.0 Å². The molecular weight excluding hydrogens is 418 g/mol. The maximum atomic E-state index is 12.4. The third-order valence-electron chi connectivity index (χ3n) is 4.30. The summed E-state index contributed by atoms with van der Waals surface area (Å²) in [6.45, 7) is -0.353. The van der Waals surface area contributed by atoms with E-state index in [2.05, 4.69) is 21.1 Å². The number of hydrogen-bond acceptors (Lipinski definition) is 7. The van der Waals surface area contributed by atoms with Crippen molar-refractivity contribution in [1.29, 1.82) is 0 Å². The standard InChI is InChI=1S/C21H25N5O6/c1-31-16-7-14(8-17(9-16)32-2)18(10-20(28)29)26-19(27)11-23-21(30)13-4-3-5-15(6-13)24-12-25-22/h3-9,12,18H,10-11,22H2,1-2H3,(H,23,30)(H,24,25)(H,26,27)(H,28,29). The molecule has 0 aliphatic carbocycles. The molecule has 2 rings (SSSR count). The van der Waals surface area contributed by atoms with Gasteiger partial charge < -0.3 is 30.6 Å². The average molecular weight is 443 g/mol. The third kappa shape index (κ3) is 7.29. The van der Waals surface area contributed by atoms with E-state index in [9.17, 15) is 19.5 Å². The Morgan fingerprint density at radius 1 is 1.12 bits per heavy atom. The molecule has 2 aromatic rings. The van der Waals surface area contributed by atoms with Gasteiger partial charge in [0.1, 0.15) is 17.8 Å². The van der Waals surface area contributed by atoms with Crippen molar-refractivity contribution in [2.24, 2.45) is 10.8 Å². The van der Waals surface area contributed by atoms with Crippen molar-refractivity contribution in [2.45, 2.75) is 12.5 Å². The lowest BCUT2D eigenvalue weighted by molar-refractivity contribution is -0.137. The lowest BCUT2D eigenvalue weighted by Crippen LogP contribution is -2.39. The van der Waals surface area contributed by atoms with E-state index >= 15 is 0 Å². The summed E-state index contributed by atoms with van der Waals surface area (Å²) in [5, 5.41) is 14.4. The second kappa shape index (κ2) is 11.9. The van der Waals surface area contributed by atoms with E-state index < -0.39 is 23.8 Å². The first-order valence-corrected chi connectivity index (χ1v) is 9.47. The molecule has 0 radical (unpaired) electrons. The Hall–Kier alpha value is -4.12. The number of carboxylic acid groups (broad SMARTS) is 1. The van der Waals surface area contributed by atoms with E-state index in [4.69, 9.17) is 15.3 Å². The van der Waals surface area contributed by atoms with Gasteiger partial charge in [-0.1, -0.05) is 6.07 Å². The van der Waals surface area contributed by atoms with Crippen LogP contribution in [0.3, 0.4) is 0 Å². The number of nitrogens with one attached hydrogen (secondary N) is 3. The molecule has 0 saturated carbocycles. The molecule has 2 amide bonds. The van der Waals surface area contributed by atoms with Crippen molar-refractivity contribution >= 4 is 29.8 Å². The van der Waals surface area contributed by atoms with Crippen molar-refractivity contribution < 1.29 is 29.0 Å². The van der Waals surface area contributed by atoms with Gasteiger partial charge in [-0.05, 0) is 35.9 Å². The van der Waals surface area contributed by atoms with Gasteiger partial charge in [-0.2, -0.15) is 0 Å². The fraction of sp³-hybridized carbons (Fsp3) is 0.238. The molecule has 1 unspecified atom stereocenters. The predicted molar refractivity (Wildman–Crippen MR) is 117 cm³/mol. The highest BCUT2D eigenvalue weighted by atomic mass is 16.5. The molecule has 6 N–H and O–H groups in total. The number of methoxy groups -OCH3 is 2. The van der Waals surface area contributed by atoms with Crippen LogP contribution in [0.15, 0.2) is 47.5 Å². The molecule has 0 aliphatic heterocycles. The lowest BCUT2D eigenvalue weighted by Gasteiger charge is -2.19. The molecular formula is C21H25N5O6. The van der Waals surface area contributed by atoms with Crippen LogP contribution in [-0.4, -0.2) is 50.0 Å². The van der Waals surface area contributed by atoms with E-state index in [1.54, 1.807) is 36.4 Å². The van der Waals surface area contributed by atoms with Crippen LogP contribution in [-0.2, 0) is 9.59 Å². The van der Waals surface area contributed by atoms with Crippen molar-refractivity contribution in [3.63, 3.8) is 0 Å². The number of aliphatic carboxylic acids is 1. The molecule has 0 aliphatic rings. The van der Waals surface area contributed by atoms with Crippen LogP contribution in [0, 0.1) is 0 Å². The fourth-order valence-corrected chi connectivity index (χ4v) is 2.80. The van der Waals surface area contributed by atoms with E-state index in [1.807, 2.05) is 0 Å². The Morgan fingerprint density at radius 2 is 1.81 bits per heavy atom. The summed E-state index contributed by atoms with van der Waals surface area (Å²) >= 11 is 0. The fourth-order valence-electron chi connectivity index (χ4n) is 2.80. The number of rotatable bonds is 11. The minimum absolute atomic E-state index is 0.295. The summed E-state index contributed by atoms with van der Waals surface area (Å²) < 4.78 is 10.4. The number of benzene rings is 2. The lowest BCUT2D eigenvalue weighted by atomic mass is 10.0. The molecule has 11 nitrogen and oxygen atoms in total. The third-order valence-corrected chi connectivity index (χ3v) is 4.30. The van der Waals surface area contributed by atoms with Gasteiger partial charge in [0.2, 0.25) is 5.91 Å². The number of aliphatic imine (C=N–C) groups is 1. The molecule has 2 aromatic carbocycles. The molecule has 0 saturated heterocycles. The molecule has 170 valence electrons. The second-order valence-electron chi connectivity index (χ2n) is 6.52. The Morgan fingerprint density at radius 3 is 2.41 bits per heavy atom. The van der Waals surface area contributed by atoms with E-state index in [0.29, 0.717) is 28.3 Å². The highest BCUT2D eigenvalue weighted by Crippen LogP contribution is 2.28. The second-order valence-corrected chi connectivity index (χ2v) is 6.52. The summed E-state index contributed by atoms with van der Waals surface area (Å²) in [6, 6.07) is 10.4. The molecule has 1 atom stereocenters. The van der Waals surface area contributed by atoms with Gasteiger partial charge in [0.05, 0.1) is 38.9 Å². The Balaban J connectivity index is 2.07. The highest BCUT2D eigenvalue weighted by Gasteiger charge is 2.20. The van der Waals surface area contributed by atoms with Crippen LogP contribution in [0.2, 0.25) is 0 Å². The number of nitrogens with two attached hydrogens (primary N) is 1. The number of carbonyl (C=O) groups is 3. The van der Waals surface area contributed by atoms with Gasteiger partial charge in [-0.3, -0.25) is 14.4 Å². The zero-order chi connectivity index (χ0) is 23.5. The monoisotopic (exact) mass is 443 g/mol. The first-order chi connectivity index (χ1) is 15.4. The van der Waals surface area contributed by atoms with Crippen LogP contribution < -0.4 is 31.4 Å². The summed E-state index contributed by atoms with van der Waals surface area (Å²) in [4.78, 5) is 40.1. The minimum atomic E-state index is -1.11. The number of carbonyl (C=O) groups excluding carboxylic acids is 2. The molecule has 0 heterocycles. The quantitative estimate of drug-likeness (QED) is 0.148. The number of carboxylic acids is 1. The smallest absolute Gasteiger partial charge is 0.305 e. The molecule has 0 aromatic heterocycles. The van der Waals surface area contributed by atoms with Crippen LogP contribution in [0.4, 0.5) is 5.69 Å². The zero-order valence-corrected chi connectivity index (χ0v) is 17.6. The van der Waals surface area contributed by atoms with Crippen LogP contribution in [0.25, 0.3) is 0 Å². The maximum absolute atomic E-state index is 12.4. The van der Waals surface area contributed by atoms with Gasteiger partial charge in [0.15, 0.2) is 0 Å². The van der Waals surface area contributed by atoms with E-state index in [1.165, 1.54) is 26.6 Å². The van der Waals surface area contributed by atoms with Crippen molar-refractivity contribution in [2.75, 3.05) is 20.8 Å². The Labute approximate surface area is 184 Å². The summed E-state index contributed by atoms with van der Waals surface area (Å²) in [7, 11) is 2.93. The maximum Gasteiger partial charge on any atom is 0.305 e. The molecule has 32 heavy (non-hydrogen) atoms. The van der Waals surface area contributed by atoms with Gasteiger partial charge in [-0.25, -0.2) is 10.8 Å². The number of hydrazine groups is 1. The number of hydrogen-bond donors (Lipinski definition) is 5. The normalized spacial score (nSPS) is 11.5. The first-order valence-electron chi connectivity index (χ1n) is 9.47. The molecule has 0 bridgehead atoms. The van der Waals surface area contributed by atoms with Crippen LogP contribution in [0.5, 0.6) is 11.5 Å². The Kier molecular flexibility index (Phi) is 8.99. The van der Waals surface area contributed by atoms with Crippen LogP contribution in [0.1, 0.15) is 28.4 Å². The summed E-state index contributed by atoms with van der Waals surface area (Å²) in [5.74, 6) is 3.86. The van der Waals surface area contributed by atoms with Crippen molar-refractivity contribution in [3.8, 4) is 11.5 Å². The van der Waals surface area contributed by atoms with Crippen LogP contribution >= 0.6 is 0 Å². The largest absolute Gasteiger partial charge is 0.497 e. The number of ether oxygens (including phenoxy) is 2. The predicted octanol–water partition coefficient (Wildman–Crippen LogP) is 0.889. The van der Waals surface area contributed by atoms with E-state index in [0.717, 1.165) is 0 Å². The zero-order valence-electron chi connectivity index (χ0n) is 17.6. The molecule has 0 spiro atoms. The van der Waals surface area contributed by atoms with Gasteiger partial charge >= 0.3 is 5.97 Å².